The maximum Gasteiger partial charge on any atom is 0.236 e. The molecule has 0 bridgehead atoms. The molecule has 0 amide bonds. The average molecular weight is 500 g/mol. The second kappa shape index (κ2) is 9.51. The van der Waals surface area contributed by atoms with Crippen LogP contribution in [0.3, 0.4) is 0 Å². The smallest absolute Gasteiger partial charge is 0.236 e. The molecule has 0 radical (unpaired) electrons. The fourth-order valence-electron chi connectivity index (χ4n) is 2.72. The predicted octanol–water partition coefficient (Wildman–Crippen LogP) is 1.86. The van der Waals surface area contributed by atoms with Gasteiger partial charge >= 0.3 is 0 Å². The van der Waals surface area contributed by atoms with E-state index in [1.807, 2.05) is 4.90 Å². The summed E-state index contributed by atoms with van der Waals surface area (Å²) < 4.78 is 27.4. The van der Waals surface area contributed by atoms with Crippen LogP contribution in [0.15, 0.2) is 42.3 Å². The highest BCUT2D eigenvalue weighted by atomic mass is 127. The second-order valence-electron chi connectivity index (χ2n) is 6.06. The van der Waals surface area contributed by atoms with Gasteiger partial charge in [-0.25, -0.2) is 28.4 Å². The van der Waals surface area contributed by atoms with Gasteiger partial charge in [-0.2, -0.15) is 4.31 Å². The lowest BCUT2D eigenvalue weighted by molar-refractivity contribution is 0.387. The molecular formula is C17H21IN6O2S. The molecule has 0 N–H and O–H groups in total. The molecule has 1 aliphatic heterocycles. The van der Waals surface area contributed by atoms with Crippen molar-refractivity contribution < 1.29 is 8.42 Å². The first-order valence-corrected chi connectivity index (χ1v) is 11.3. The van der Waals surface area contributed by atoms with E-state index < -0.39 is 10.0 Å². The van der Waals surface area contributed by atoms with Crippen LogP contribution in [-0.4, -0.2) is 58.8 Å². The van der Waals surface area contributed by atoms with Crippen LogP contribution in [-0.2, 0) is 16.4 Å². The van der Waals surface area contributed by atoms with Crippen LogP contribution in [0.4, 0.5) is 5.95 Å². The number of piperazine rings is 1. The zero-order valence-electron chi connectivity index (χ0n) is 14.8. The number of aryl methyl sites for hydroxylation is 1. The quantitative estimate of drug-likeness (QED) is 0.424. The van der Waals surface area contributed by atoms with Crippen LogP contribution >= 0.6 is 22.6 Å². The maximum absolute atomic E-state index is 12.5. The van der Waals surface area contributed by atoms with E-state index in [9.17, 15) is 8.42 Å². The molecule has 27 heavy (non-hydrogen) atoms. The van der Waals surface area contributed by atoms with Gasteiger partial charge in [0.1, 0.15) is 5.82 Å². The third kappa shape index (κ3) is 5.91. The predicted molar refractivity (Wildman–Crippen MR) is 112 cm³/mol. The van der Waals surface area contributed by atoms with Crippen molar-refractivity contribution in [1.82, 2.24) is 24.2 Å². The Hall–Kier alpha value is -1.66. The Balaban J connectivity index is 1.45. The fraction of sp³-hybridized carbons (Fsp3) is 0.412. The van der Waals surface area contributed by atoms with Gasteiger partial charge in [0.05, 0.1) is 0 Å². The number of aromatic nitrogens is 4. The molecule has 0 aliphatic carbocycles. The Bertz CT molecular complexity index is 853. The van der Waals surface area contributed by atoms with Crippen molar-refractivity contribution in [3.05, 3.63) is 51.7 Å². The van der Waals surface area contributed by atoms with Crippen molar-refractivity contribution in [3.8, 4) is 0 Å². The Labute approximate surface area is 172 Å². The number of anilines is 1. The summed E-state index contributed by atoms with van der Waals surface area (Å²) in [5, 5.41) is 1.32. The summed E-state index contributed by atoms with van der Waals surface area (Å²) in [6.07, 6.45) is 10.9. The summed E-state index contributed by atoms with van der Waals surface area (Å²) in [6.45, 7) is 2.03. The molecule has 3 heterocycles. The third-order valence-electron chi connectivity index (χ3n) is 4.15. The first kappa shape index (κ1) is 20.1. The minimum atomic E-state index is -3.39. The Kier molecular flexibility index (Phi) is 7.07. The highest BCUT2D eigenvalue weighted by Gasteiger charge is 2.25. The molecule has 8 nitrogen and oxygen atoms in total. The van der Waals surface area contributed by atoms with Crippen molar-refractivity contribution >= 4 is 38.6 Å². The number of unbranched alkanes of at least 4 members (excludes halogenated alkanes) is 1. The lowest BCUT2D eigenvalue weighted by Gasteiger charge is -2.33. The van der Waals surface area contributed by atoms with E-state index in [2.05, 4.69) is 42.5 Å². The third-order valence-corrected chi connectivity index (χ3v) is 6.33. The molecule has 1 fully saturated rings. The molecule has 2 aromatic heterocycles. The standard InChI is InChI=1S/C17H21IN6O2S/c18-15-13-21-17(22-14-15)23-8-10-24(11-9-23)27(25,26)12-3-1-2-5-16-19-6-4-7-20-16/h3-4,6-7,12-14H,1-2,5,8-11H2. The SMILES string of the molecule is O=S(=O)(C=CCCCc1ncccn1)N1CCN(c2ncc(I)cn2)CC1. The van der Waals surface area contributed by atoms with Gasteiger partial charge in [-0.3, -0.25) is 0 Å². The van der Waals surface area contributed by atoms with E-state index in [1.165, 1.54) is 9.71 Å². The number of hydrogen-bond donors (Lipinski definition) is 0. The molecule has 144 valence electrons. The van der Waals surface area contributed by atoms with E-state index in [0.29, 0.717) is 38.5 Å². The molecule has 0 saturated carbocycles. The van der Waals surface area contributed by atoms with Crippen LogP contribution < -0.4 is 4.90 Å². The largest absolute Gasteiger partial charge is 0.338 e. The summed E-state index contributed by atoms with van der Waals surface area (Å²) in [5.41, 5.74) is 0. The van der Waals surface area contributed by atoms with Crippen molar-refractivity contribution in [2.45, 2.75) is 19.3 Å². The van der Waals surface area contributed by atoms with E-state index in [0.717, 1.165) is 22.2 Å². The van der Waals surface area contributed by atoms with Crippen molar-refractivity contribution in [3.63, 3.8) is 0 Å². The normalized spacial score (nSPS) is 16.1. The van der Waals surface area contributed by atoms with Crippen LogP contribution in [0, 0.1) is 3.57 Å². The highest BCUT2D eigenvalue weighted by Crippen LogP contribution is 2.15. The summed E-state index contributed by atoms with van der Waals surface area (Å²) in [5.74, 6) is 1.42. The van der Waals surface area contributed by atoms with Crippen molar-refractivity contribution in [2.75, 3.05) is 31.1 Å². The number of hydrogen-bond acceptors (Lipinski definition) is 7. The number of allylic oxidation sites excluding steroid dienone is 1. The molecule has 0 aromatic carbocycles. The van der Waals surface area contributed by atoms with E-state index in [4.69, 9.17) is 0 Å². The van der Waals surface area contributed by atoms with Crippen LogP contribution in [0.1, 0.15) is 18.7 Å². The first-order chi connectivity index (χ1) is 13.0. The minimum absolute atomic E-state index is 0.430. The van der Waals surface area contributed by atoms with Gasteiger partial charge in [0.15, 0.2) is 0 Å². The number of sulfonamides is 1. The average Bonchev–Trinajstić information content (AvgIpc) is 2.69. The lowest BCUT2D eigenvalue weighted by Crippen LogP contribution is -2.48. The van der Waals surface area contributed by atoms with E-state index in [-0.39, 0.29) is 0 Å². The second-order valence-corrected chi connectivity index (χ2v) is 9.13. The molecule has 0 atom stereocenters. The zero-order chi connectivity index (χ0) is 19.1. The van der Waals surface area contributed by atoms with E-state index >= 15 is 0 Å². The van der Waals surface area contributed by atoms with Gasteiger partial charge in [0.2, 0.25) is 16.0 Å². The molecule has 0 spiro atoms. The summed E-state index contributed by atoms with van der Waals surface area (Å²) in [7, 11) is -3.39. The highest BCUT2D eigenvalue weighted by molar-refractivity contribution is 14.1. The van der Waals surface area contributed by atoms with Crippen LogP contribution in [0.2, 0.25) is 0 Å². The molecule has 0 unspecified atom stereocenters. The van der Waals surface area contributed by atoms with Crippen molar-refractivity contribution in [2.24, 2.45) is 0 Å². The maximum atomic E-state index is 12.5. The summed E-state index contributed by atoms with van der Waals surface area (Å²) in [4.78, 5) is 18.9. The molecule has 1 aliphatic rings. The number of rotatable bonds is 7. The van der Waals surface area contributed by atoms with Crippen LogP contribution in [0.25, 0.3) is 0 Å². The number of nitrogens with zero attached hydrogens (tertiary/aromatic N) is 6. The van der Waals surface area contributed by atoms with Gasteiger partial charge in [-0.1, -0.05) is 6.08 Å². The summed E-state index contributed by atoms with van der Waals surface area (Å²) >= 11 is 2.16. The lowest BCUT2D eigenvalue weighted by atomic mass is 10.2. The van der Waals surface area contributed by atoms with E-state index in [1.54, 1.807) is 36.9 Å². The Morgan fingerprint density at radius 3 is 2.37 bits per heavy atom. The topological polar surface area (TPSA) is 92.2 Å². The molecule has 2 aromatic rings. The van der Waals surface area contributed by atoms with Gasteiger partial charge in [0.25, 0.3) is 0 Å². The summed E-state index contributed by atoms with van der Waals surface area (Å²) in [6, 6.07) is 1.78. The van der Waals surface area contributed by atoms with Gasteiger partial charge in [0, 0.05) is 66.4 Å². The van der Waals surface area contributed by atoms with Crippen molar-refractivity contribution in [1.29, 1.82) is 0 Å². The van der Waals surface area contributed by atoms with Gasteiger partial charge in [-0.05, 0) is 41.5 Å². The molecular weight excluding hydrogens is 479 g/mol. The zero-order valence-corrected chi connectivity index (χ0v) is 17.8. The molecule has 10 heteroatoms. The van der Waals surface area contributed by atoms with Gasteiger partial charge in [-0.15, -0.1) is 0 Å². The number of halogens is 1. The molecule has 1 saturated heterocycles. The first-order valence-electron chi connectivity index (χ1n) is 8.70. The van der Waals surface area contributed by atoms with Gasteiger partial charge < -0.3 is 4.90 Å². The van der Waals surface area contributed by atoms with Crippen LogP contribution in [0.5, 0.6) is 0 Å². The fourth-order valence-corrected chi connectivity index (χ4v) is 4.23. The minimum Gasteiger partial charge on any atom is -0.338 e. The monoisotopic (exact) mass is 500 g/mol. The Morgan fingerprint density at radius 1 is 1.04 bits per heavy atom. The Morgan fingerprint density at radius 2 is 1.70 bits per heavy atom. The molecule has 3 rings (SSSR count).